The van der Waals surface area contributed by atoms with Gasteiger partial charge in [0, 0.05) is 33.9 Å². The average molecular weight is 599 g/mol. The van der Waals surface area contributed by atoms with E-state index in [2.05, 4.69) is 95.6 Å². The van der Waals surface area contributed by atoms with E-state index in [-0.39, 0.29) is 0 Å². The molecule has 2 nitrogen and oxygen atoms in total. The quantitative estimate of drug-likeness (QED) is 0.185. The van der Waals surface area contributed by atoms with Crippen molar-refractivity contribution in [3.8, 4) is 27.9 Å². The molecule has 0 spiro atoms. The summed E-state index contributed by atoms with van der Waals surface area (Å²) >= 11 is 0. The summed E-state index contributed by atoms with van der Waals surface area (Å²) in [5.41, 5.74) is 9.73. The molecule has 0 fully saturated rings. The number of rotatable bonds is 6. The molecular formula is C42H28F2N2. The first kappa shape index (κ1) is 27.5. The van der Waals surface area contributed by atoms with Crippen molar-refractivity contribution in [1.82, 2.24) is 4.57 Å². The third-order valence-electron chi connectivity index (χ3n) is 8.48. The van der Waals surface area contributed by atoms with Gasteiger partial charge >= 0.3 is 0 Å². The third-order valence-corrected chi connectivity index (χ3v) is 8.48. The van der Waals surface area contributed by atoms with E-state index in [4.69, 9.17) is 0 Å². The van der Waals surface area contributed by atoms with Crippen molar-refractivity contribution in [2.45, 2.75) is 0 Å². The zero-order chi connectivity index (χ0) is 31.0. The van der Waals surface area contributed by atoms with Crippen molar-refractivity contribution >= 4 is 38.9 Å². The summed E-state index contributed by atoms with van der Waals surface area (Å²) in [6.07, 6.45) is 0. The molecule has 0 aliphatic heterocycles. The molecule has 0 atom stereocenters. The molecule has 0 radical (unpaired) electrons. The summed E-state index contributed by atoms with van der Waals surface area (Å²) in [7, 11) is 0. The summed E-state index contributed by atoms with van der Waals surface area (Å²) < 4.78 is 31.2. The number of benzene rings is 7. The largest absolute Gasteiger partial charge is 0.310 e. The van der Waals surface area contributed by atoms with Crippen molar-refractivity contribution in [2.75, 3.05) is 4.90 Å². The Morgan fingerprint density at radius 2 is 0.870 bits per heavy atom. The molecule has 0 aliphatic carbocycles. The minimum Gasteiger partial charge on any atom is -0.310 e. The zero-order valence-electron chi connectivity index (χ0n) is 24.8. The third kappa shape index (κ3) is 5.00. The highest BCUT2D eigenvalue weighted by Gasteiger charge is 2.17. The zero-order valence-corrected chi connectivity index (χ0v) is 24.8. The molecule has 220 valence electrons. The van der Waals surface area contributed by atoms with Gasteiger partial charge in [-0.1, -0.05) is 97.1 Å². The molecule has 8 aromatic rings. The first-order valence-corrected chi connectivity index (χ1v) is 15.2. The molecule has 1 heterocycles. The fourth-order valence-corrected chi connectivity index (χ4v) is 6.36. The number of hydrogen-bond donors (Lipinski definition) is 0. The van der Waals surface area contributed by atoms with Crippen LogP contribution in [-0.4, -0.2) is 4.57 Å². The molecule has 0 saturated heterocycles. The topological polar surface area (TPSA) is 8.17 Å². The summed E-state index contributed by atoms with van der Waals surface area (Å²) in [5.74, 6) is -1.25. The second-order valence-corrected chi connectivity index (χ2v) is 11.3. The van der Waals surface area contributed by atoms with Crippen molar-refractivity contribution in [3.63, 3.8) is 0 Å². The molecule has 0 bridgehead atoms. The maximum atomic E-state index is 14.5. The Balaban J connectivity index is 1.20. The highest BCUT2D eigenvalue weighted by atomic mass is 19.1. The molecular weight excluding hydrogens is 570 g/mol. The van der Waals surface area contributed by atoms with Crippen LogP contribution in [0.3, 0.4) is 0 Å². The van der Waals surface area contributed by atoms with Crippen LogP contribution in [0.1, 0.15) is 0 Å². The van der Waals surface area contributed by atoms with Gasteiger partial charge in [0.2, 0.25) is 0 Å². The number of nitrogens with zero attached hydrogens (tertiary/aromatic N) is 2. The van der Waals surface area contributed by atoms with Gasteiger partial charge in [-0.25, -0.2) is 8.78 Å². The van der Waals surface area contributed by atoms with Crippen LogP contribution in [0.5, 0.6) is 0 Å². The Bertz CT molecular complexity index is 2290. The standard InChI is InChI=1S/C42H28F2N2/c43-33-26-34(44)28-38(27-33)45(36-20-15-30(16-21-36)29-9-3-1-4-10-29)37-22-17-31(18-23-37)32-19-24-42-40(25-32)39-13-7-8-14-41(39)46(42)35-11-5-2-6-12-35/h1-28H. The van der Waals surface area contributed by atoms with E-state index < -0.39 is 11.6 Å². The van der Waals surface area contributed by atoms with E-state index in [9.17, 15) is 8.78 Å². The molecule has 0 aliphatic rings. The Labute approximate surface area is 266 Å². The molecule has 0 amide bonds. The summed E-state index contributed by atoms with van der Waals surface area (Å²) in [5, 5.41) is 2.37. The molecule has 0 N–H and O–H groups in total. The summed E-state index contributed by atoms with van der Waals surface area (Å²) in [4.78, 5) is 1.88. The van der Waals surface area contributed by atoms with Crippen LogP contribution in [0.4, 0.5) is 25.8 Å². The minimum absolute atomic E-state index is 0.410. The average Bonchev–Trinajstić information content (AvgIpc) is 3.43. The van der Waals surface area contributed by atoms with Crippen LogP contribution in [0.15, 0.2) is 170 Å². The van der Waals surface area contributed by atoms with Crippen molar-refractivity contribution in [1.29, 1.82) is 0 Å². The van der Waals surface area contributed by atoms with Gasteiger partial charge in [-0.2, -0.15) is 0 Å². The molecule has 7 aromatic carbocycles. The summed E-state index contributed by atoms with van der Waals surface area (Å²) in [6, 6.07) is 55.4. The maximum Gasteiger partial charge on any atom is 0.128 e. The highest BCUT2D eigenvalue weighted by molar-refractivity contribution is 6.10. The lowest BCUT2D eigenvalue weighted by molar-refractivity contribution is 0.584. The first-order valence-electron chi connectivity index (χ1n) is 15.2. The monoisotopic (exact) mass is 598 g/mol. The van der Waals surface area contributed by atoms with Crippen molar-refractivity contribution in [3.05, 3.63) is 181 Å². The van der Waals surface area contributed by atoms with Crippen LogP contribution in [-0.2, 0) is 0 Å². The molecule has 46 heavy (non-hydrogen) atoms. The SMILES string of the molecule is Fc1cc(F)cc(N(c2ccc(-c3ccccc3)cc2)c2ccc(-c3ccc4c(c3)c3ccccc3n4-c3ccccc3)cc2)c1. The lowest BCUT2D eigenvalue weighted by Gasteiger charge is -2.26. The van der Waals surface area contributed by atoms with Crippen LogP contribution < -0.4 is 4.90 Å². The predicted molar refractivity (Wildman–Crippen MR) is 186 cm³/mol. The fraction of sp³-hybridized carbons (Fsp3) is 0. The lowest BCUT2D eigenvalue weighted by atomic mass is 10.0. The van der Waals surface area contributed by atoms with E-state index >= 15 is 0 Å². The lowest BCUT2D eigenvalue weighted by Crippen LogP contribution is -2.10. The van der Waals surface area contributed by atoms with E-state index in [0.717, 1.165) is 56.4 Å². The van der Waals surface area contributed by atoms with E-state index in [1.54, 1.807) is 0 Å². The van der Waals surface area contributed by atoms with E-state index in [0.29, 0.717) is 5.69 Å². The Morgan fingerprint density at radius 3 is 1.52 bits per heavy atom. The molecule has 4 heteroatoms. The van der Waals surface area contributed by atoms with Gasteiger partial charge in [0.05, 0.1) is 16.7 Å². The Morgan fingerprint density at radius 1 is 0.370 bits per heavy atom. The van der Waals surface area contributed by atoms with Gasteiger partial charge in [-0.15, -0.1) is 0 Å². The van der Waals surface area contributed by atoms with Crippen LogP contribution in [0.25, 0.3) is 49.7 Å². The van der Waals surface area contributed by atoms with Gasteiger partial charge in [0.1, 0.15) is 11.6 Å². The highest BCUT2D eigenvalue weighted by Crippen LogP contribution is 2.39. The second-order valence-electron chi connectivity index (χ2n) is 11.3. The van der Waals surface area contributed by atoms with E-state index in [1.807, 2.05) is 65.6 Å². The van der Waals surface area contributed by atoms with Crippen LogP contribution in [0.2, 0.25) is 0 Å². The first-order chi connectivity index (χ1) is 22.6. The molecule has 0 unspecified atom stereocenters. The maximum absolute atomic E-state index is 14.5. The van der Waals surface area contributed by atoms with Gasteiger partial charge in [-0.3, -0.25) is 0 Å². The number of anilines is 3. The van der Waals surface area contributed by atoms with Gasteiger partial charge in [0.25, 0.3) is 0 Å². The van der Waals surface area contributed by atoms with E-state index in [1.165, 1.54) is 22.9 Å². The van der Waals surface area contributed by atoms with Crippen molar-refractivity contribution in [2.24, 2.45) is 0 Å². The molecule has 0 saturated carbocycles. The number of hydrogen-bond acceptors (Lipinski definition) is 1. The summed E-state index contributed by atoms with van der Waals surface area (Å²) in [6.45, 7) is 0. The number of halogens is 2. The Hall–Kier alpha value is -6.00. The van der Waals surface area contributed by atoms with Crippen LogP contribution in [0, 0.1) is 11.6 Å². The number of aromatic nitrogens is 1. The number of para-hydroxylation sites is 2. The second kappa shape index (κ2) is 11.5. The molecule has 8 rings (SSSR count). The van der Waals surface area contributed by atoms with Gasteiger partial charge < -0.3 is 9.47 Å². The van der Waals surface area contributed by atoms with Gasteiger partial charge in [0.15, 0.2) is 0 Å². The van der Waals surface area contributed by atoms with Gasteiger partial charge in [-0.05, 0) is 89.0 Å². The fourth-order valence-electron chi connectivity index (χ4n) is 6.36. The normalized spacial score (nSPS) is 11.3. The Kier molecular flexibility index (Phi) is 6.88. The van der Waals surface area contributed by atoms with Crippen LogP contribution >= 0.6 is 0 Å². The van der Waals surface area contributed by atoms with Crippen molar-refractivity contribution < 1.29 is 8.78 Å². The minimum atomic E-state index is -0.625. The molecule has 1 aromatic heterocycles. The predicted octanol–water partition coefficient (Wildman–Crippen LogP) is 11.9. The smallest absolute Gasteiger partial charge is 0.128 e. The number of fused-ring (bicyclic) bond motifs is 3.